The van der Waals surface area contributed by atoms with Gasteiger partial charge in [0.2, 0.25) is 0 Å². The standard InChI is InChI=1S/C13H19N3O2S/c1-15(2)13(18)16-7-5-10(6-8-16)14-12(17)11-4-3-9-19-11/h3-4,9-10H,5-8H2,1-2H3,(H,14,17). The summed E-state index contributed by atoms with van der Waals surface area (Å²) in [5.41, 5.74) is 0. The fourth-order valence-corrected chi connectivity index (χ4v) is 2.79. The lowest BCUT2D eigenvalue weighted by atomic mass is 10.1. The van der Waals surface area contributed by atoms with E-state index in [1.165, 1.54) is 11.3 Å². The number of nitrogens with zero attached hydrogens (tertiary/aromatic N) is 2. The van der Waals surface area contributed by atoms with Crippen LogP contribution in [-0.2, 0) is 0 Å². The predicted molar refractivity (Wildman–Crippen MR) is 75.5 cm³/mol. The minimum atomic E-state index is -0.00705. The van der Waals surface area contributed by atoms with Gasteiger partial charge < -0.3 is 15.1 Å². The van der Waals surface area contributed by atoms with Gasteiger partial charge in [0.25, 0.3) is 5.91 Å². The highest BCUT2D eigenvalue weighted by Crippen LogP contribution is 2.14. The zero-order chi connectivity index (χ0) is 13.8. The van der Waals surface area contributed by atoms with Gasteiger partial charge in [-0.1, -0.05) is 6.07 Å². The molecule has 1 N–H and O–H groups in total. The molecule has 19 heavy (non-hydrogen) atoms. The molecular weight excluding hydrogens is 262 g/mol. The normalized spacial score (nSPS) is 16.2. The van der Waals surface area contributed by atoms with Crippen LogP contribution in [-0.4, -0.2) is 55.0 Å². The Bertz CT molecular complexity index is 437. The first kappa shape index (κ1) is 13.9. The Kier molecular flexibility index (Phi) is 4.42. The monoisotopic (exact) mass is 281 g/mol. The quantitative estimate of drug-likeness (QED) is 0.895. The second kappa shape index (κ2) is 6.06. The average molecular weight is 281 g/mol. The highest BCUT2D eigenvalue weighted by molar-refractivity contribution is 7.12. The highest BCUT2D eigenvalue weighted by Gasteiger charge is 2.24. The third-order valence-electron chi connectivity index (χ3n) is 3.23. The summed E-state index contributed by atoms with van der Waals surface area (Å²) in [6.07, 6.45) is 1.63. The molecule has 3 amide bonds. The molecular formula is C13H19N3O2S. The van der Waals surface area contributed by atoms with Crippen LogP contribution in [0.3, 0.4) is 0 Å². The minimum Gasteiger partial charge on any atom is -0.348 e. The molecule has 0 spiro atoms. The maximum Gasteiger partial charge on any atom is 0.319 e. The van der Waals surface area contributed by atoms with Crippen molar-refractivity contribution in [3.05, 3.63) is 22.4 Å². The summed E-state index contributed by atoms with van der Waals surface area (Å²) in [5.74, 6) is -0.00705. The number of carbonyl (C=O) groups is 2. The van der Waals surface area contributed by atoms with Crippen LogP contribution in [0.15, 0.2) is 17.5 Å². The largest absolute Gasteiger partial charge is 0.348 e. The van der Waals surface area contributed by atoms with E-state index in [0.717, 1.165) is 17.7 Å². The number of piperidine rings is 1. The zero-order valence-electron chi connectivity index (χ0n) is 11.3. The van der Waals surface area contributed by atoms with Crippen molar-refractivity contribution >= 4 is 23.3 Å². The zero-order valence-corrected chi connectivity index (χ0v) is 12.1. The number of urea groups is 1. The van der Waals surface area contributed by atoms with E-state index in [1.54, 1.807) is 19.0 Å². The van der Waals surface area contributed by atoms with Crippen molar-refractivity contribution in [3.8, 4) is 0 Å². The predicted octanol–water partition coefficient (Wildman–Crippen LogP) is 1.62. The van der Waals surface area contributed by atoms with E-state index in [-0.39, 0.29) is 18.0 Å². The molecule has 0 atom stereocenters. The Morgan fingerprint density at radius 1 is 1.37 bits per heavy atom. The van der Waals surface area contributed by atoms with E-state index in [4.69, 9.17) is 0 Å². The van der Waals surface area contributed by atoms with Gasteiger partial charge in [0, 0.05) is 33.2 Å². The van der Waals surface area contributed by atoms with Crippen molar-refractivity contribution in [1.82, 2.24) is 15.1 Å². The number of likely N-dealkylation sites (tertiary alicyclic amines) is 1. The summed E-state index contributed by atoms with van der Waals surface area (Å²) in [6.45, 7) is 1.40. The molecule has 1 aromatic rings. The minimum absolute atomic E-state index is 0.00705. The van der Waals surface area contributed by atoms with Crippen molar-refractivity contribution in [2.45, 2.75) is 18.9 Å². The summed E-state index contributed by atoms with van der Waals surface area (Å²) in [4.78, 5) is 27.8. The Hall–Kier alpha value is -1.56. The molecule has 1 aliphatic rings. The maximum absolute atomic E-state index is 11.9. The molecule has 1 fully saturated rings. The number of hydrogen-bond acceptors (Lipinski definition) is 3. The molecule has 1 aromatic heterocycles. The van der Waals surface area contributed by atoms with Crippen LogP contribution in [0.1, 0.15) is 22.5 Å². The Labute approximate surface area is 117 Å². The van der Waals surface area contributed by atoms with E-state index < -0.39 is 0 Å². The van der Waals surface area contributed by atoms with Crippen LogP contribution < -0.4 is 5.32 Å². The lowest BCUT2D eigenvalue weighted by Crippen LogP contribution is -2.49. The summed E-state index contributed by atoms with van der Waals surface area (Å²) in [6, 6.07) is 3.91. The SMILES string of the molecule is CN(C)C(=O)N1CCC(NC(=O)c2cccs2)CC1. The van der Waals surface area contributed by atoms with E-state index >= 15 is 0 Å². The number of carbonyl (C=O) groups excluding carboxylic acids is 2. The van der Waals surface area contributed by atoms with Crippen LogP contribution in [0.4, 0.5) is 4.79 Å². The van der Waals surface area contributed by atoms with Crippen LogP contribution >= 0.6 is 11.3 Å². The van der Waals surface area contributed by atoms with Crippen LogP contribution in [0, 0.1) is 0 Å². The summed E-state index contributed by atoms with van der Waals surface area (Å²) < 4.78 is 0. The van der Waals surface area contributed by atoms with Crippen LogP contribution in [0.5, 0.6) is 0 Å². The second-order valence-electron chi connectivity index (χ2n) is 4.89. The van der Waals surface area contributed by atoms with E-state index in [2.05, 4.69) is 5.32 Å². The lowest BCUT2D eigenvalue weighted by Gasteiger charge is -2.33. The van der Waals surface area contributed by atoms with Crippen molar-refractivity contribution in [2.75, 3.05) is 27.2 Å². The molecule has 1 saturated heterocycles. The van der Waals surface area contributed by atoms with Gasteiger partial charge in [0.15, 0.2) is 0 Å². The first-order chi connectivity index (χ1) is 9.08. The number of thiophene rings is 1. The average Bonchev–Trinajstić information content (AvgIpc) is 2.92. The van der Waals surface area contributed by atoms with E-state index in [9.17, 15) is 9.59 Å². The first-order valence-corrected chi connectivity index (χ1v) is 7.26. The van der Waals surface area contributed by atoms with E-state index in [0.29, 0.717) is 13.1 Å². The summed E-state index contributed by atoms with van der Waals surface area (Å²) in [5, 5.41) is 4.93. The van der Waals surface area contributed by atoms with Gasteiger partial charge in [-0.3, -0.25) is 4.79 Å². The molecule has 6 heteroatoms. The fraction of sp³-hybridized carbons (Fsp3) is 0.538. The molecule has 0 bridgehead atoms. The van der Waals surface area contributed by atoms with Gasteiger partial charge in [-0.05, 0) is 24.3 Å². The Morgan fingerprint density at radius 2 is 2.05 bits per heavy atom. The van der Waals surface area contributed by atoms with Crippen molar-refractivity contribution in [1.29, 1.82) is 0 Å². The molecule has 2 rings (SSSR count). The number of nitrogens with one attached hydrogen (secondary N) is 1. The molecule has 0 unspecified atom stereocenters. The van der Waals surface area contributed by atoms with Gasteiger partial charge in [-0.2, -0.15) is 0 Å². The fourth-order valence-electron chi connectivity index (χ4n) is 2.16. The van der Waals surface area contributed by atoms with Gasteiger partial charge >= 0.3 is 6.03 Å². The van der Waals surface area contributed by atoms with Gasteiger partial charge in [-0.25, -0.2) is 4.79 Å². The maximum atomic E-state index is 11.9. The molecule has 0 aliphatic carbocycles. The van der Waals surface area contributed by atoms with Crippen LogP contribution in [0.25, 0.3) is 0 Å². The van der Waals surface area contributed by atoms with E-state index in [1.807, 2.05) is 22.4 Å². The molecule has 0 radical (unpaired) electrons. The molecule has 0 aromatic carbocycles. The number of hydrogen-bond donors (Lipinski definition) is 1. The highest BCUT2D eigenvalue weighted by atomic mass is 32.1. The van der Waals surface area contributed by atoms with Crippen LogP contribution in [0.2, 0.25) is 0 Å². The first-order valence-electron chi connectivity index (χ1n) is 6.38. The van der Waals surface area contributed by atoms with Crippen molar-refractivity contribution in [2.24, 2.45) is 0 Å². The molecule has 0 saturated carbocycles. The third-order valence-corrected chi connectivity index (χ3v) is 4.10. The molecule has 1 aliphatic heterocycles. The van der Waals surface area contributed by atoms with Crippen molar-refractivity contribution < 1.29 is 9.59 Å². The third kappa shape index (κ3) is 3.47. The van der Waals surface area contributed by atoms with Crippen molar-refractivity contribution in [3.63, 3.8) is 0 Å². The Balaban J connectivity index is 1.81. The van der Waals surface area contributed by atoms with Gasteiger partial charge in [-0.15, -0.1) is 11.3 Å². The second-order valence-corrected chi connectivity index (χ2v) is 5.84. The summed E-state index contributed by atoms with van der Waals surface area (Å²) >= 11 is 1.45. The molecule has 5 nitrogen and oxygen atoms in total. The summed E-state index contributed by atoms with van der Waals surface area (Å²) in [7, 11) is 3.51. The molecule has 104 valence electrons. The molecule has 2 heterocycles. The number of amides is 3. The number of rotatable bonds is 2. The Morgan fingerprint density at radius 3 is 2.58 bits per heavy atom. The smallest absolute Gasteiger partial charge is 0.319 e. The van der Waals surface area contributed by atoms with Gasteiger partial charge in [0.05, 0.1) is 4.88 Å². The topological polar surface area (TPSA) is 52.7 Å². The lowest BCUT2D eigenvalue weighted by molar-refractivity contribution is 0.0918. The van der Waals surface area contributed by atoms with Gasteiger partial charge in [0.1, 0.15) is 0 Å².